The minimum absolute atomic E-state index is 0.112. The lowest BCUT2D eigenvalue weighted by Gasteiger charge is -2.29. The number of rotatable bonds is 2. The van der Waals surface area contributed by atoms with Crippen molar-refractivity contribution in [3.05, 3.63) is 27.8 Å². The van der Waals surface area contributed by atoms with Gasteiger partial charge in [0.2, 0.25) is 0 Å². The Hall–Kier alpha value is -1.02. The Labute approximate surface area is 105 Å². The molecule has 0 aliphatic heterocycles. The molecule has 0 fully saturated rings. The maximum atomic E-state index is 6.17. The van der Waals surface area contributed by atoms with E-state index in [-0.39, 0.29) is 5.41 Å². The van der Waals surface area contributed by atoms with Gasteiger partial charge >= 0.3 is 0 Å². The van der Waals surface area contributed by atoms with Crippen LogP contribution in [0.3, 0.4) is 0 Å². The van der Waals surface area contributed by atoms with Crippen LogP contribution in [0.4, 0.5) is 5.69 Å². The van der Waals surface area contributed by atoms with Gasteiger partial charge in [0.05, 0.1) is 6.61 Å². The van der Waals surface area contributed by atoms with Crippen molar-refractivity contribution in [3.63, 3.8) is 0 Å². The Morgan fingerprint density at radius 1 is 1.00 bits per heavy atom. The van der Waals surface area contributed by atoms with Crippen molar-refractivity contribution in [1.82, 2.24) is 0 Å². The second kappa shape index (κ2) is 4.69. The second-order valence-corrected chi connectivity index (χ2v) is 5.83. The quantitative estimate of drug-likeness (QED) is 0.794. The van der Waals surface area contributed by atoms with E-state index in [2.05, 4.69) is 41.5 Å². The monoisotopic (exact) mass is 235 g/mol. The zero-order chi connectivity index (χ0) is 13.4. The molecule has 0 spiro atoms. The lowest BCUT2D eigenvalue weighted by molar-refractivity contribution is 0.182. The Morgan fingerprint density at radius 2 is 1.53 bits per heavy atom. The highest BCUT2D eigenvalue weighted by Crippen LogP contribution is 2.36. The zero-order valence-corrected chi connectivity index (χ0v) is 12.2. The molecule has 0 saturated heterocycles. The summed E-state index contributed by atoms with van der Waals surface area (Å²) >= 11 is 0. The van der Waals surface area contributed by atoms with Crippen LogP contribution in [-0.2, 0) is 16.8 Å². The first-order valence-corrected chi connectivity index (χ1v) is 6.09. The third-order valence-electron chi connectivity index (χ3n) is 3.54. The molecular formula is C15H25NO. The molecule has 0 radical (unpaired) electrons. The predicted molar refractivity (Wildman–Crippen MR) is 74.5 cm³/mol. The Morgan fingerprint density at radius 3 is 1.94 bits per heavy atom. The number of nitrogen functional groups attached to an aromatic ring is 1. The molecule has 17 heavy (non-hydrogen) atoms. The SMILES string of the molecule is COCc1c(C)c(N)c(C)c(C)c1C(C)(C)C. The number of anilines is 1. The highest BCUT2D eigenvalue weighted by Gasteiger charge is 2.24. The summed E-state index contributed by atoms with van der Waals surface area (Å²) in [6.07, 6.45) is 0. The summed E-state index contributed by atoms with van der Waals surface area (Å²) < 4.78 is 5.34. The largest absolute Gasteiger partial charge is 0.398 e. The van der Waals surface area contributed by atoms with Crippen LogP contribution in [0, 0.1) is 20.8 Å². The third kappa shape index (κ3) is 2.47. The van der Waals surface area contributed by atoms with Crippen molar-refractivity contribution in [1.29, 1.82) is 0 Å². The van der Waals surface area contributed by atoms with Crippen LogP contribution in [0.5, 0.6) is 0 Å². The molecule has 2 nitrogen and oxygen atoms in total. The molecule has 0 aliphatic rings. The van der Waals surface area contributed by atoms with E-state index in [0.717, 1.165) is 5.69 Å². The lowest BCUT2D eigenvalue weighted by Crippen LogP contribution is -2.19. The van der Waals surface area contributed by atoms with Crippen LogP contribution in [0.2, 0.25) is 0 Å². The fourth-order valence-corrected chi connectivity index (χ4v) is 2.59. The van der Waals surface area contributed by atoms with E-state index >= 15 is 0 Å². The van der Waals surface area contributed by atoms with Gasteiger partial charge in [0.25, 0.3) is 0 Å². The van der Waals surface area contributed by atoms with Gasteiger partial charge in [-0.05, 0) is 54.0 Å². The number of hydrogen-bond acceptors (Lipinski definition) is 2. The summed E-state index contributed by atoms with van der Waals surface area (Å²) in [7, 11) is 1.73. The average Bonchev–Trinajstić information content (AvgIpc) is 2.21. The molecule has 0 heterocycles. The van der Waals surface area contributed by atoms with Gasteiger partial charge in [0, 0.05) is 12.8 Å². The topological polar surface area (TPSA) is 35.2 Å². The van der Waals surface area contributed by atoms with Crippen LogP contribution >= 0.6 is 0 Å². The van der Waals surface area contributed by atoms with E-state index in [9.17, 15) is 0 Å². The predicted octanol–water partition coefficient (Wildman–Crippen LogP) is 3.64. The minimum Gasteiger partial charge on any atom is -0.398 e. The molecule has 0 atom stereocenters. The summed E-state index contributed by atoms with van der Waals surface area (Å²) in [5.74, 6) is 0. The standard InChI is InChI=1S/C15H25NO/c1-9-10(2)14(16)11(3)12(8-17-7)13(9)15(4,5)6/h8,16H2,1-7H3. The number of ether oxygens (including phenoxy) is 1. The first kappa shape index (κ1) is 14.0. The van der Waals surface area contributed by atoms with Crippen LogP contribution in [0.25, 0.3) is 0 Å². The molecule has 0 aromatic heterocycles. The Kier molecular flexibility index (Phi) is 3.88. The summed E-state index contributed by atoms with van der Waals surface area (Å²) in [4.78, 5) is 0. The lowest BCUT2D eigenvalue weighted by atomic mass is 9.77. The maximum absolute atomic E-state index is 6.17. The van der Waals surface area contributed by atoms with E-state index in [1.165, 1.54) is 27.8 Å². The van der Waals surface area contributed by atoms with Gasteiger partial charge in [-0.3, -0.25) is 0 Å². The maximum Gasteiger partial charge on any atom is 0.0719 e. The molecule has 0 saturated carbocycles. The van der Waals surface area contributed by atoms with E-state index < -0.39 is 0 Å². The molecule has 0 unspecified atom stereocenters. The van der Waals surface area contributed by atoms with Crippen molar-refractivity contribution in [3.8, 4) is 0 Å². The van der Waals surface area contributed by atoms with E-state index in [4.69, 9.17) is 10.5 Å². The molecular weight excluding hydrogens is 210 g/mol. The highest BCUT2D eigenvalue weighted by molar-refractivity contribution is 5.63. The summed E-state index contributed by atoms with van der Waals surface area (Å²) in [5.41, 5.74) is 13.5. The zero-order valence-electron chi connectivity index (χ0n) is 12.2. The van der Waals surface area contributed by atoms with Crippen LogP contribution in [0.1, 0.15) is 48.6 Å². The Bertz CT molecular complexity index is 428. The van der Waals surface area contributed by atoms with Gasteiger partial charge in [-0.15, -0.1) is 0 Å². The number of nitrogens with two attached hydrogens (primary N) is 1. The van der Waals surface area contributed by atoms with Gasteiger partial charge in [-0.2, -0.15) is 0 Å². The summed E-state index contributed by atoms with van der Waals surface area (Å²) in [6.45, 7) is 13.7. The normalized spacial score (nSPS) is 11.9. The number of hydrogen-bond donors (Lipinski definition) is 1. The molecule has 0 amide bonds. The molecule has 2 heteroatoms. The number of methoxy groups -OCH3 is 1. The Balaban J connectivity index is 3.66. The van der Waals surface area contributed by atoms with E-state index in [1.54, 1.807) is 7.11 Å². The molecule has 0 aliphatic carbocycles. The van der Waals surface area contributed by atoms with E-state index in [1.807, 2.05) is 0 Å². The molecule has 1 rings (SSSR count). The summed E-state index contributed by atoms with van der Waals surface area (Å²) in [6, 6.07) is 0. The van der Waals surface area contributed by atoms with Crippen molar-refractivity contribution >= 4 is 5.69 Å². The summed E-state index contributed by atoms with van der Waals surface area (Å²) in [5, 5.41) is 0. The van der Waals surface area contributed by atoms with Crippen LogP contribution < -0.4 is 5.73 Å². The van der Waals surface area contributed by atoms with E-state index in [0.29, 0.717) is 6.61 Å². The van der Waals surface area contributed by atoms with Gasteiger partial charge in [-0.1, -0.05) is 20.8 Å². The smallest absolute Gasteiger partial charge is 0.0719 e. The molecule has 1 aromatic carbocycles. The van der Waals surface area contributed by atoms with Crippen LogP contribution in [-0.4, -0.2) is 7.11 Å². The van der Waals surface area contributed by atoms with Gasteiger partial charge in [0.1, 0.15) is 0 Å². The molecule has 96 valence electrons. The van der Waals surface area contributed by atoms with Gasteiger partial charge < -0.3 is 10.5 Å². The van der Waals surface area contributed by atoms with Crippen LogP contribution in [0.15, 0.2) is 0 Å². The molecule has 0 bridgehead atoms. The fourth-order valence-electron chi connectivity index (χ4n) is 2.59. The van der Waals surface area contributed by atoms with Crippen molar-refractivity contribution in [2.45, 2.75) is 53.6 Å². The third-order valence-corrected chi connectivity index (χ3v) is 3.54. The van der Waals surface area contributed by atoms with Crippen molar-refractivity contribution in [2.24, 2.45) is 0 Å². The van der Waals surface area contributed by atoms with Gasteiger partial charge in [0.15, 0.2) is 0 Å². The number of benzene rings is 1. The fraction of sp³-hybridized carbons (Fsp3) is 0.600. The average molecular weight is 235 g/mol. The van der Waals surface area contributed by atoms with Gasteiger partial charge in [-0.25, -0.2) is 0 Å². The first-order valence-electron chi connectivity index (χ1n) is 6.09. The van der Waals surface area contributed by atoms with Crippen molar-refractivity contribution in [2.75, 3.05) is 12.8 Å². The first-order chi connectivity index (χ1) is 7.71. The molecule has 1 aromatic rings. The second-order valence-electron chi connectivity index (χ2n) is 5.83. The van der Waals surface area contributed by atoms with Crippen molar-refractivity contribution < 1.29 is 4.74 Å². The minimum atomic E-state index is 0.112. The highest BCUT2D eigenvalue weighted by atomic mass is 16.5. The molecule has 2 N–H and O–H groups in total.